The fraction of sp³-hybridized carbons (Fsp3) is 0.333. The molecule has 0 aliphatic carbocycles. The lowest BCUT2D eigenvalue weighted by Crippen LogP contribution is -2.15. The Morgan fingerprint density at radius 2 is 1.83 bits per heavy atom. The number of hydrogen-bond donors (Lipinski definition) is 1. The van der Waals surface area contributed by atoms with Crippen LogP contribution in [0.2, 0.25) is 0 Å². The van der Waals surface area contributed by atoms with E-state index in [1.54, 1.807) is 13.2 Å². The van der Waals surface area contributed by atoms with Crippen LogP contribution in [0.25, 0.3) is 0 Å². The van der Waals surface area contributed by atoms with Crippen LogP contribution in [0.15, 0.2) is 30.3 Å². The molecule has 2 aromatic rings. The van der Waals surface area contributed by atoms with Crippen molar-refractivity contribution in [3.05, 3.63) is 52.8 Å². The summed E-state index contributed by atoms with van der Waals surface area (Å²) in [6.45, 7) is 4.67. The second-order valence-electron chi connectivity index (χ2n) is 5.48. The van der Waals surface area contributed by atoms with Crippen LogP contribution in [-0.2, 0) is 16.0 Å². The van der Waals surface area contributed by atoms with Gasteiger partial charge in [0.15, 0.2) is 6.61 Å². The van der Waals surface area contributed by atoms with Gasteiger partial charge < -0.3 is 19.1 Å². The van der Waals surface area contributed by atoms with E-state index in [1.165, 1.54) is 24.3 Å². The van der Waals surface area contributed by atoms with E-state index in [0.717, 1.165) is 11.4 Å². The first-order valence-electron chi connectivity index (χ1n) is 7.59. The van der Waals surface area contributed by atoms with Gasteiger partial charge in [-0.15, -0.1) is 0 Å². The largest absolute Gasteiger partial charge is 0.508 e. The molecule has 128 valence electrons. The molecular weight excluding hydrogens is 310 g/mol. The van der Waals surface area contributed by atoms with Crippen LogP contribution in [0.4, 0.5) is 0 Å². The Balaban J connectivity index is 2.02. The summed E-state index contributed by atoms with van der Waals surface area (Å²) in [6, 6.07) is 7.46. The van der Waals surface area contributed by atoms with Gasteiger partial charge in [-0.3, -0.25) is 4.79 Å². The Labute approximate surface area is 140 Å². The van der Waals surface area contributed by atoms with Crippen molar-refractivity contribution in [2.24, 2.45) is 0 Å². The second-order valence-corrected chi connectivity index (χ2v) is 5.48. The lowest BCUT2D eigenvalue weighted by atomic mass is 10.1. The number of phenolic OH excluding ortho intramolecular Hbond substituents is 1. The van der Waals surface area contributed by atoms with Gasteiger partial charge in [-0.25, -0.2) is 4.79 Å². The Morgan fingerprint density at radius 1 is 1.17 bits per heavy atom. The minimum atomic E-state index is -0.600. The van der Waals surface area contributed by atoms with Crippen molar-refractivity contribution in [1.29, 1.82) is 0 Å². The van der Waals surface area contributed by atoms with E-state index in [0.29, 0.717) is 18.7 Å². The molecular formula is C18H21NO5. The molecule has 0 aliphatic rings. The minimum Gasteiger partial charge on any atom is -0.508 e. The number of esters is 1. The second kappa shape index (κ2) is 7.79. The molecule has 0 fully saturated rings. The summed E-state index contributed by atoms with van der Waals surface area (Å²) in [5.41, 5.74) is 2.61. The molecule has 1 aromatic heterocycles. The number of nitrogens with zero attached hydrogens (tertiary/aromatic N) is 1. The van der Waals surface area contributed by atoms with E-state index < -0.39 is 5.97 Å². The predicted molar refractivity (Wildman–Crippen MR) is 88.5 cm³/mol. The van der Waals surface area contributed by atoms with Crippen LogP contribution >= 0.6 is 0 Å². The van der Waals surface area contributed by atoms with E-state index >= 15 is 0 Å². The number of aromatic nitrogens is 1. The van der Waals surface area contributed by atoms with Crippen molar-refractivity contribution in [3.63, 3.8) is 0 Å². The van der Waals surface area contributed by atoms with E-state index in [-0.39, 0.29) is 23.7 Å². The first-order valence-corrected chi connectivity index (χ1v) is 7.59. The highest BCUT2D eigenvalue weighted by Crippen LogP contribution is 2.16. The maximum absolute atomic E-state index is 12.3. The van der Waals surface area contributed by atoms with Crippen LogP contribution in [-0.4, -0.2) is 41.7 Å². The number of aromatic hydroxyl groups is 1. The molecule has 6 heteroatoms. The lowest BCUT2D eigenvalue weighted by Gasteiger charge is -2.09. The van der Waals surface area contributed by atoms with E-state index in [9.17, 15) is 14.7 Å². The zero-order valence-corrected chi connectivity index (χ0v) is 14.0. The minimum absolute atomic E-state index is 0.0612. The van der Waals surface area contributed by atoms with Gasteiger partial charge in [0.05, 0.1) is 12.2 Å². The number of ether oxygens (including phenoxy) is 2. The molecule has 0 saturated heterocycles. The van der Waals surface area contributed by atoms with E-state index in [1.807, 2.05) is 18.4 Å². The van der Waals surface area contributed by atoms with Crippen molar-refractivity contribution in [2.45, 2.75) is 20.4 Å². The third kappa shape index (κ3) is 4.02. The molecule has 0 spiro atoms. The molecule has 0 amide bonds. The zero-order valence-electron chi connectivity index (χ0n) is 14.0. The highest BCUT2D eigenvalue weighted by atomic mass is 16.5. The van der Waals surface area contributed by atoms with Gasteiger partial charge in [0, 0.05) is 30.6 Å². The van der Waals surface area contributed by atoms with Gasteiger partial charge in [-0.05, 0) is 44.2 Å². The topological polar surface area (TPSA) is 77.8 Å². The number of rotatable bonds is 7. The van der Waals surface area contributed by atoms with Crippen molar-refractivity contribution >= 4 is 11.8 Å². The number of Topliss-reactive ketones (excluding diaryl/α,β-unsaturated/α-hetero) is 1. The molecule has 1 heterocycles. The standard InChI is InChI=1S/C18H21NO5/c1-12-10-16(13(2)19(12)8-9-23-3)17(21)11-24-18(22)14-4-6-15(20)7-5-14/h4-7,10,20H,8-9,11H2,1-3H3. The Morgan fingerprint density at radius 3 is 2.46 bits per heavy atom. The molecule has 0 aliphatic heterocycles. The first kappa shape index (κ1) is 17.7. The quantitative estimate of drug-likeness (QED) is 0.623. The first-order chi connectivity index (χ1) is 11.4. The summed E-state index contributed by atoms with van der Waals surface area (Å²) in [6.07, 6.45) is 0. The molecule has 0 atom stereocenters. The number of methoxy groups -OCH3 is 1. The highest BCUT2D eigenvalue weighted by molar-refractivity contribution is 6.00. The lowest BCUT2D eigenvalue weighted by molar-refractivity contribution is 0.0474. The molecule has 0 unspecified atom stereocenters. The highest BCUT2D eigenvalue weighted by Gasteiger charge is 2.17. The van der Waals surface area contributed by atoms with E-state index in [2.05, 4.69) is 0 Å². The fourth-order valence-corrected chi connectivity index (χ4v) is 2.50. The molecule has 2 rings (SSSR count). The maximum atomic E-state index is 12.3. The van der Waals surface area contributed by atoms with Crippen LogP contribution in [0.1, 0.15) is 32.1 Å². The molecule has 1 N–H and O–H groups in total. The van der Waals surface area contributed by atoms with Gasteiger partial charge in [0.25, 0.3) is 0 Å². The summed E-state index contributed by atoms with van der Waals surface area (Å²) < 4.78 is 12.1. The Hall–Kier alpha value is -2.60. The van der Waals surface area contributed by atoms with E-state index in [4.69, 9.17) is 9.47 Å². The number of carbonyl (C=O) groups excluding carboxylic acids is 2. The van der Waals surface area contributed by atoms with Crippen molar-refractivity contribution in [3.8, 4) is 5.75 Å². The molecule has 0 radical (unpaired) electrons. The summed E-state index contributed by atoms with van der Waals surface area (Å²) in [4.78, 5) is 24.2. The molecule has 24 heavy (non-hydrogen) atoms. The van der Waals surface area contributed by atoms with Crippen molar-refractivity contribution in [1.82, 2.24) is 4.57 Å². The number of phenols is 1. The third-order valence-electron chi connectivity index (χ3n) is 3.83. The van der Waals surface area contributed by atoms with Crippen LogP contribution < -0.4 is 0 Å². The monoisotopic (exact) mass is 331 g/mol. The summed E-state index contributed by atoms with van der Waals surface area (Å²) in [7, 11) is 1.63. The average molecular weight is 331 g/mol. The third-order valence-corrected chi connectivity index (χ3v) is 3.83. The van der Waals surface area contributed by atoms with Crippen LogP contribution in [0, 0.1) is 13.8 Å². The Bertz CT molecular complexity index is 731. The van der Waals surface area contributed by atoms with Crippen molar-refractivity contribution in [2.75, 3.05) is 20.3 Å². The summed E-state index contributed by atoms with van der Waals surface area (Å²) in [5, 5.41) is 9.21. The number of carbonyl (C=O) groups is 2. The van der Waals surface area contributed by atoms with Crippen LogP contribution in [0.3, 0.4) is 0 Å². The van der Waals surface area contributed by atoms with Crippen molar-refractivity contribution < 1.29 is 24.2 Å². The zero-order chi connectivity index (χ0) is 17.7. The number of benzene rings is 1. The van der Waals surface area contributed by atoms with Gasteiger partial charge in [-0.1, -0.05) is 0 Å². The maximum Gasteiger partial charge on any atom is 0.338 e. The predicted octanol–water partition coefficient (Wildman–Crippen LogP) is 2.50. The fourth-order valence-electron chi connectivity index (χ4n) is 2.50. The smallest absolute Gasteiger partial charge is 0.338 e. The van der Waals surface area contributed by atoms with Gasteiger partial charge in [0.2, 0.25) is 5.78 Å². The molecule has 6 nitrogen and oxygen atoms in total. The number of ketones is 1. The molecule has 0 bridgehead atoms. The van der Waals surface area contributed by atoms with Crippen LogP contribution in [0.5, 0.6) is 5.75 Å². The molecule has 1 aromatic carbocycles. The normalized spacial score (nSPS) is 10.6. The number of hydrogen-bond acceptors (Lipinski definition) is 5. The summed E-state index contributed by atoms with van der Waals surface area (Å²) in [5.74, 6) is -0.790. The Kier molecular flexibility index (Phi) is 5.76. The average Bonchev–Trinajstić information content (AvgIpc) is 2.85. The van der Waals surface area contributed by atoms with Gasteiger partial charge >= 0.3 is 5.97 Å². The SMILES string of the molecule is COCCn1c(C)cc(C(=O)COC(=O)c2ccc(O)cc2)c1C. The number of aryl methyl sites for hydroxylation is 1. The molecule has 0 saturated carbocycles. The van der Waals surface area contributed by atoms with Gasteiger partial charge in [-0.2, -0.15) is 0 Å². The summed E-state index contributed by atoms with van der Waals surface area (Å²) >= 11 is 0. The van der Waals surface area contributed by atoms with Gasteiger partial charge in [0.1, 0.15) is 5.75 Å².